The Morgan fingerprint density at radius 1 is 1.19 bits per heavy atom. The highest BCUT2D eigenvalue weighted by atomic mass is 16.4. The summed E-state index contributed by atoms with van der Waals surface area (Å²) >= 11 is 0. The van der Waals surface area contributed by atoms with Crippen LogP contribution in [0.2, 0.25) is 0 Å². The average molecular weight is 302 g/mol. The average Bonchev–Trinajstić information content (AvgIpc) is 2.42. The van der Waals surface area contributed by atoms with Crippen molar-refractivity contribution in [2.75, 3.05) is 6.54 Å². The normalized spacial score (nSPS) is 21.2. The van der Waals surface area contributed by atoms with Gasteiger partial charge >= 0.3 is 23.8 Å². The van der Waals surface area contributed by atoms with Crippen molar-refractivity contribution in [2.45, 2.75) is 44.4 Å². The highest BCUT2D eigenvalue weighted by Gasteiger charge is 2.36. The van der Waals surface area contributed by atoms with Crippen LogP contribution in [0.1, 0.15) is 26.2 Å². The molecule has 1 saturated heterocycles. The Morgan fingerprint density at radius 3 is 2.29 bits per heavy atom. The Bertz CT molecular complexity index is 449. The number of piperidine rings is 1. The summed E-state index contributed by atoms with van der Waals surface area (Å²) in [6.07, 6.45) is 0.0542. The first-order valence-corrected chi connectivity index (χ1v) is 6.50. The molecular formula is C12H18N2O7. The van der Waals surface area contributed by atoms with E-state index in [0.717, 1.165) is 11.8 Å². The number of rotatable bonds is 4. The largest absolute Gasteiger partial charge is 0.480 e. The molecule has 1 aliphatic rings. The molecule has 0 radical (unpaired) electrons. The van der Waals surface area contributed by atoms with Gasteiger partial charge in [0.1, 0.15) is 6.04 Å². The van der Waals surface area contributed by atoms with Crippen molar-refractivity contribution in [2.24, 2.45) is 0 Å². The minimum Gasteiger partial charge on any atom is -0.480 e. The van der Waals surface area contributed by atoms with E-state index < -0.39 is 41.9 Å². The Balaban J connectivity index is 2.78. The number of carboxylic acid groups (broad SMARTS) is 2. The molecule has 0 bridgehead atoms. The van der Waals surface area contributed by atoms with E-state index in [9.17, 15) is 24.3 Å². The van der Waals surface area contributed by atoms with Gasteiger partial charge in [0, 0.05) is 6.54 Å². The van der Waals surface area contributed by atoms with Crippen LogP contribution in [0, 0.1) is 0 Å². The number of amides is 2. The van der Waals surface area contributed by atoms with Gasteiger partial charge in [-0.2, -0.15) is 0 Å². The summed E-state index contributed by atoms with van der Waals surface area (Å²) < 4.78 is 0. The second kappa shape index (κ2) is 7.02. The molecule has 9 nitrogen and oxygen atoms in total. The second-order valence-electron chi connectivity index (χ2n) is 4.88. The summed E-state index contributed by atoms with van der Waals surface area (Å²) in [4.78, 5) is 46.6. The molecule has 118 valence electrons. The summed E-state index contributed by atoms with van der Waals surface area (Å²) in [7, 11) is 0. The zero-order valence-corrected chi connectivity index (χ0v) is 11.5. The van der Waals surface area contributed by atoms with Gasteiger partial charge in [-0.05, 0) is 26.2 Å². The Hall–Kier alpha value is -2.16. The van der Waals surface area contributed by atoms with E-state index >= 15 is 0 Å². The van der Waals surface area contributed by atoms with E-state index in [2.05, 4.69) is 0 Å². The Kier molecular flexibility index (Phi) is 5.65. The molecule has 1 fully saturated rings. The molecule has 3 atom stereocenters. The van der Waals surface area contributed by atoms with Crippen molar-refractivity contribution in [3.05, 3.63) is 0 Å². The SMILES string of the molecule is CC(O)C(NC(=O)C(=O)N1CCCC[C@H]1C(=O)O)C(=O)O. The summed E-state index contributed by atoms with van der Waals surface area (Å²) in [5.74, 6) is -5.04. The van der Waals surface area contributed by atoms with Crippen LogP contribution in [0.4, 0.5) is 0 Å². The zero-order valence-electron chi connectivity index (χ0n) is 11.5. The smallest absolute Gasteiger partial charge is 0.328 e. The maximum absolute atomic E-state index is 12.0. The third kappa shape index (κ3) is 4.15. The lowest BCUT2D eigenvalue weighted by atomic mass is 10.0. The third-order valence-corrected chi connectivity index (χ3v) is 3.28. The quantitative estimate of drug-likeness (QED) is 0.458. The van der Waals surface area contributed by atoms with Gasteiger partial charge in [-0.1, -0.05) is 0 Å². The van der Waals surface area contributed by atoms with E-state index in [1.165, 1.54) is 0 Å². The lowest BCUT2D eigenvalue weighted by molar-refractivity contribution is -0.157. The van der Waals surface area contributed by atoms with Crippen molar-refractivity contribution in [1.82, 2.24) is 10.2 Å². The van der Waals surface area contributed by atoms with Crippen LogP contribution in [0.5, 0.6) is 0 Å². The fraction of sp³-hybridized carbons (Fsp3) is 0.667. The van der Waals surface area contributed by atoms with Crippen molar-refractivity contribution in [1.29, 1.82) is 0 Å². The zero-order chi connectivity index (χ0) is 16.2. The Labute approximate surface area is 120 Å². The molecule has 0 aliphatic carbocycles. The van der Waals surface area contributed by atoms with Crippen molar-refractivity contribution in [3.8, 4) is 0 Å². The van der Waals surface area contributed by atoms with Gasteiger partial charge in [-0.3, -0.25) is 9.59 Å². The number of carbonyl (C=O) groups excluding carboxylic acids is 2. The molecule has 4 N–H and O–H groups in total. The van der Waals surface area contributed by atoms with Crippen molar-refractivity contribution < 1.29 is 34.5 Å². The van der Waals surface area contributed by atoms with Gasteiger partial charge in [-0.15, -0.1) is 0 Å². The number of aliphatic carboxylic acids is 2. The van der Waals surface area contributed by atoms with Gasteiger partial charge in [0.05, 0.1) is 6.10 Å². The van der Waals surface area contributed by atoms with Crippen LogP contribution >= 0.6 is 0 Å². The number of carbonyl (C=O) groups is 4. The molecule has 0 saturated carbocycles. The molecule has 1 aliphatic heterocycles. The molecule has 2 unspecified atom stereocenters. The van der Waals surface area contributed by atoms with Crippen molar-refractivity contribution in [3.63, 3.8) is 0 Å². The number of carboxylic acids is 2. The number of nitrogens with zero attached hydrogens (tertiary/aromatic N) is 1. The number of hydrogen-bond acceptors (Lipinski definition) is 5. The molecule has 9 heteroatoms. The molecular weight excluding hydrogens is 284 g/mol. The summed E-state index contributed by atoms with van der Waals surface area (Å²) in [5.41, 5.74) is 0. The van der Waals surface area contributed by atoms with Gasteiger partial charge < -0.3 is 25.5 Å². The second-order valence-corrected chi connectivity index (χ2v) is 4.88. The van der Waals surface area contributed by atoms with Crippen LogP contribution in [0.3, 0.4) is 0 Å². The summed E-state index contributed by atoms with van der Waals surface area (Å²) in [6.45, 7) is 1.28. The molecule has 2 amide bonds. The first-order chi connectivity index (χ1) is 9.75. The molecule has 0 aromatic carbocycles. The van der Waals surface area contributed by atoms with E-state index in [1.807, 2.05) is 5.32 Å². The lowest BCUT2D eigenvalue weighted by Gasteiger charge is -2.32. The minimum atomic E-state index is -1.63. The molecule has 1 heterocycles. The Morgan fingerprint density at radius 2 is 1.81 bits per heavy atom. The number of hydrogen-bond donors (Lipinski definition) is 4. The first kappa shape index (κ1) is 16.9. The lowest BCUT2D eigenvalue weighted by Crippen LogP contribution is -2.56. The summed E-state index contributed by atoms with van der Waals surface area (Å²) in [5, 5.41) is 29.0. The highest BCUT2D eigenvalue weighted by Crippen LogP contribution is 2.17. The predicted molar refractivity (Wildman–Crippen MR) is 68.2 cm³/mol. The minimum absolute atomic E-state index is 0.121. The van der Waals surface area contributed by atoms with Gasteiger partial charge in [-0.25, -0.2) is 9.59 Å². The van der Waals surface area contributed by atoms with Crippen LogP contribution in [0.15, 0.2) is 0 Å². The monoisotopic (exact) mass is 302 g/mol. The van der Waals surface area contributed by atoms with Crippen LogP contribution in [-0.2, 0) is 19.2 Å². The fourth-order valence-electron chi connectivity index (χ4n) is 2.15. The van der Waals surface area contributed by atoms with Gasteiger partial charge in [0.2, 0.25) is 0 Å². The molecule has 1 rings (SSSR count). The number of aliphatic hydroxyl groups excluding tert-OH is 1. The maximum atomic E-state index is 12.0. The number of nitrogens with one attached hydrogen (secondary N) is 1. The van der Waals surface area contributed by atoms with Crippen LogP contribution in [0.25, 0.3) is 0 Å². The van der Waals surface area contributed by atoms with Crippen LogP contribution < -0.4 is 5.32 Å². The summed E-state index contributed by atoms with van der Waals surface area (Å²) in [6, 6.07) is -2.72. The number of likely N-dealkylation sites (tertiary alicyclic amines) is 1. The highest BCUT2D eigenvalue weighted by molar-refractivity contribution is 6.35. The molecule has 0 spiro atoms. The standard InChI is InChI=1S/C12H18N2O7/c1-6(15)8(12(20)21)13-9(16)10(17)14-5-3-2-4-7(14)11(18)19/h6-8,15H,2-5H2,1H3,(H,13,16)(H,18,19)(H,20,21)/t6?,7-,8?/m0/s1. The fourth-order valence-corrected chi connectivity index (χ4v) is 2.15. The maximum Gasteiger partial charge on any atom is 0.328 e. The third-order valence-electron chi connectivity index (χ3n) is 3.28. The predicted octanol–water partition coefficient (Wildman–Crippen LogP) is -1.60. The van der Waals surface area contributed by atoms with E-state index in [0.29, 0.717) is 12.8 Å². The molecule has 0 aromatic heterocycles. The topological polar surface area (TPSA) is 144 Å². The van der Waals surface area contributed by atoms with Gasteiger partial charge in [0.25, 0.3) is 0 Å². The van der Waals surface area contributed by atoms with E-state index in [-0.39, 0.29) is 13.0 Å². The van der Waals surface area contributed by atoms with Crippen LogP contribution in [-0.4, -0.2) is 68.7 Å². The molecule has 21 heavy (non-hydrogen) atoms. The first-order valence-electron chi connectivity index (χ1n) is 6.50. The molecule has 0 aromatic rings. The van der Waals surface area contributed by atoms with Gasteiger partial charge in [0.15, 0.2) is 6.04 Å². The number of aliphatic hydroxyl groups is 1. The van der Waals surface area contributed by atoms with Crippen molar-refractivity contribution >= 4 is 23.8 Å². The van der Waals surface area contributed by atoms with E-state index in [1.54, 1.807) is 0 Å². The van der Waals surface area contributed by atoms with E-state index in [4.69, 9.17) is 10.2 Å².